The first kappa shape index (κ1) is 12.2. The first-order chi connectivity index (χ1) is 9.42. The zero-order chi connectivity index (χ0) is 12.9. The summed E-state index contributed by atoms with van der Waals surface area (Å²) in [5.74, 6) is 1.76. The van der Waals surface area contributed by atoms with Crippen LogP contribution in [0.4, 0.5) is 5.82 Å². The molecule has 100 valence electrons. The highest BCUT2D eigenvalue weighted by Crippen LogP contribution is 2.24. The molecule has 0 radical (unpaired) electrons. The zero-order valence-corrected chi connectivity index (χ0v) is 11.1. The van der Waals surface area contributed by atoms with Crippen molar-refractivity contribution in [1.82, 2.24) is 15.2 Å². The van der Waals surface area contributed by atoms with Gasteiger partial charge in [0, 0.05) is 30.6 Å². The zero-order valence-electron chi connectivity index (χ0n) is 11.1. The Hall–Kier alpha value is -1.84. The Morgan fingerprint density at radius 3 is 2.74 bits per heavy atom. The van der Waals surface area contributed by atoms with Crippen molar-refractivity contribution in [3.63, 3.8) is 0 Å². The first-order valence-electron chi connectivity index (χ1n) is 7.11. The van der Waals surface area contributed by atoms with Crippen molar-refractivity contribution in [3.05, 3.63) is 30.6 Å². The predicted molar refractivity (Wildman–Crippen MR) is 76.9 cm³/mol. The van der Waals surface area contributed by atoms with E-state index in [-0.39, 0.29) is 0 Å². The molecular formula is C15H20N4. The van der Waals surface area contributed by atoms with Crippen LogP contribution in [-0.4, -0.2) is 21.7 Å². The van der Waals surface area contributed by atoms with E-state index in [0.29, 0.717) is 0 Å². The largest absolute Gasteiger partial charge is 0.368 e. The van der Waals surface area contributed by atoms with Crippen LogP contribution in [0.2, 0.25) is 0 Å². The summed E-state index contributed by atoms with van der Waals surface area (Å²) in [5, 5.41) is 10.8. The second-order valence-corrected chi connectivity index (χ2v) is 5.29. The topological polar surface area (TPSA) is 53.6 Å². The van der Waals surface area contributed by atoms with E-state index < -0.39 is 0 Å². The molecule has 0 atom stereocenters. The van der Waals surface area contributed by atoms with Gasteiger partial charge in [-0.1, -0.05) is 19.3 Å². The average Bonchev–Trinajstić information content (AvgIpc) is 2.96. The van der Waals surface area contributed by atoms with E-state index in [0.717, 1.165) is 29.5 Å². The van der Waals surface area contributed by atoms with Gasteiger partial charge in [0.2, 0.25) is 0 Å². The van der Waals surface area contributed by atoms with Crippen molar-refractivity contribution in [2.24, 2.45) is 5.92 Å². The van der Waals surface area contributed by atoms with E-state index in [9.17, 15) is 0 Å². The third-order valence-electron chi connectivity index (χ3n) is 3.87. The molecule has 1 saturated carbocycles. The monoisotopic (exact) mass is 256 g/mol. The summed E-state index contributed by atoms with van der Waals surface area (Å²) in [6.45, 7) is 1.04. The standard InChI is InChI=1S/C15H20N4/c1-2-4-12(5-3-1)11-17-15-10-14(18-19-15)13-6-8-16-9-7-13/h6-10,12H,1-5,11H2,(H2,17,18,19). The maximum atomic E-state index is 4.32. The van der Waals surface area contributed by atoms with E-state index in [1.165, 1.54) is 32.1 Å². The van der Waals surface area contributed by atoms with Gasteiger partial charge in [0.05, 0.1) is 5.69 Å². The minimum absolute atomic E-state index is 0.815. The van der Waals surface area contributed by atoms with Gasteiger partial charge in [0.15, 0.2) is 0 Å². The molecule has 0 amide bonds. The smallest absolute Gasteiger partial charge is 0.148 e. The number of aromatic amines is 1. The highest BCUT2D eigenvalue weighted by atomic mass is 15.2. The Labute approximate surface area is 113 Å². The number of nitrogens with zero attached hydrogens (tertiary/aromatic N) is 2. The minimum Gasteiger partial charge on any atom is -0.368 e. The SMILES string of the molecule is c1cc(-c2cc(NCC3CCCCC3)n[nH]2)ccn1. The molecule has 0 saturated heterocycles. The normalized spacial score (nSPS) is 16.4. The summed E-state index contributed by atoms with van der Waals surface area (Å²) in [5.41, 5.74) is 2.15. The lowest BCUT2D eigenvalue weighted by Crippen LogP contribution is -2.17. The predicted octanol–water partition coefficient (Wildman–Crippen LogP) is 3.46. The molecule has 19 heavy (non-hydrogen) atoms. The van der Waals surface area contributed by atoms with Crippen molar-refractivity contribution in [3.8, 4) is 11.3 Å². The van der Waals surface area contributed by atoms with Crippen LogP contribution < -0.4 is 5.32 Å². The van der Waals surface area contributed by atoms with E-state index in [2.05, 4.69) is 26.6 Å². The lowest BCUT2D eigenvalue weighted by atomic mass is 9.89. The first-order valence-corrected chi connectivity index (χ1v) is 7.11. The maximum Gasteiger partial charge on any atom is 0.148 e. The van der Waals surface area contributed by atoms with Crippen molar-refractivity contribution in [2.75, 3.05) is 11.9 Å². The van der Waals surface area contributed by atoms with Crippen molar-refractivity contribution < 1.29 is 0 Å². The van der Waals surface area contributed by atoms with Gasteiger partial charge >= 0.3 is 0 Å². The number of H-pyrrole nitrogens is 1. The van der Waals surface area contributed by atoms with Crippen LogP contribution in [0.25, 0.3) is 11.3 Å². The van der Waals surface area contributed by atoms with Crippen LogP contribution in [0.1, 0.15) is 32.1 Å². The summed E-state index contributed by atoms with van der Waals surface area (Å²) < 4.78 is 0. The summed E-state index contributed by atoms with van der Waals surface area (Å²) in [7, 11) is 0. The number of aromatic nitrogens is 3. The van der Waals surface area contributed by atoms with Crippen LogP contribution >= 0.6 is 0 Å². The Morgan fingerprint density at radius 1 is 1.16 bits per heavy atom. The van der Waals surface area contributed by atoms with Crippen molar-refractivity contribution >= 4 is 5.82 Å². The number of hydrogen-bond donors (Lipinski definition) is 2. The molecule has 1 aliphatic carbocycles. The van der Waals surface area contributed by atoms with E-state index in [4.69, 9.17) is 0 Å². The lowest BCUT2D eigenvalue weighted by molar-refractivity contribution is 0.373. The molecule has 0 bridgehead atoms. The van der Waals surface area contributed by atoms with Gasteiger partial charge in [-0.05, 0) is 30.9 Å². The Bertz CT molecular complexity index is 500. The Balaban J connectivity index is 1.59. The van der Waals surface area contributed by atoms with Crippen LogP contribution in [0.5, 0.6) is 0 Å². The molecule has 2 N–H and O–H groups in total. The molecular weight excluding hydrogens is 236 g/mol. The van der Waals surface area contributed by atoms with Crippen LogP contribution in [-0.2, 0) is 0 Å². The second-order valence-electron chi connectivity index (χ2n) is 5.29. The fourth-order valence-corrected chi connectivity index (χ4v) is 2.73. The molecule has 0 aromatic carbocycles. The third-order valence-corrected chi connectivity index (χ3v) is 3.87. The summed E-state index contributed by atoms with van der Waals surface area (Å²) in [6, 6.07) is 6.04. The maximum absolute atomic E-state index is 4.32. The number of rotatable bonds is 4. The minimum atomic E-state index is 0.815. The van der Waals surface area contributed by atoms with Gasteiger partial charge < -0.3 is 5.32 Å². The molecule has 0 aliphatic heterocycles. The second kappa shape index (κ2) is 5.87. The number of pyridine rings is 1. The molecule has 2 aromatic heterocycles. The quantitative estimate of drug-likeness (QED) is 0.880. The van der Waals surface area contributed by atoms with Crippen molar-refractivity contribution in [1.29, 1.82) is 0 Å². The van der Waals surface area contributed by atoms with Crippen LogP contribution in [0.15, 0.2) is 30.6 Å². The Kier molecular flexibility index (Phi) is 3.77. The number of nitrogens with one attached hydrogen (secondary N) is 2. The average molecular weight is 256 g/mol. The van der Waals surface area contributed by atoms with E-state index in [1.807, 2.05) is 12.1 Å². The molecule has 0 unspecified atom stereocenters. The van der Waals surface area contributed by atoms with Gasteiger partial charge in [-0.2, -0.15) is 5.10 Å². The van der Waals surface area contributed by atoms with Crippen LogP contribution in [0, 0.1) is 5.92 Å². The lowest BCUT2D eigenvalue weighted by Gasteiger charge is -2.21. The fourth-order valence-electron chi connectivity index (χ4n) is 2.73. The van der Waals surface area contributed by atoms with Gasteiger partial charge in [0.1, 0.15) is 5.82 Å². The van der Waals surface area contributed by atoms with Gasteiger partial charge in [-0.3, -0.25) is 10.1 Å². The molecule has 1 aliphatic rings. The highest BCUT2D eigenvalue weighted by molar-refractivity contribution is 5.61. The molecule has 2 heterocycles. The van der Waals surface area contributed by atoms with Gasteiger partial charge in [-0.15, -0.1) is 0 Å². The molecule has 4 nitrogen and oxygen atoms in total. The summed E-state index contributed by atoms with van der Waals surface area (Å²) >= 11 is 0. The molecule has 3 rings (SSSR count). The summed E-state index contributed by atoms with van der Waals surface area (Å²) in [4.78, 5) is 4.03. The fraction of sp³-hybridized carbons (Fsp3) is 0.467. The Morgan fingerprint density at radius 2 is 1.95 bits per heavy atom. The van der Waals surface area contributed by atoms with Crippen LogP contribution in [0.3, 0.4) is 0 Å². The number of anilines is 1. The molecule has 0 spiro atoms. The molecule has 1 fully saturated rings. The van der Waals surface area contributed by atoms with Gasteiger partial charge in [-0.25, -0.2) is 0 Å². The highest BCUT2D eigenvalue weighted by Gasteiger charge is 2.13. The van der Waals surface area contributed by atoms with Gasteiger partial charge in [0.25, 0.3) is 0 Å². The third kappa shape index (κ3) is 3.13. The van der Waals surface area contributed by atoms with Crippen molar-refractivity contribution in [2.45, 2.75) is 32.1 Å². The summed E-state index contributed by atoms with van der Waals surface area (Å²) in [6.07, 6.45) is 10.5. The molecule has 4 heteroatoms. The van der Waals surface area contributed by atoms with E-state index >= 15 is 0 Å². The van der Waals surface area contributed by atoms with E-state index in [1.54, 1.807) is 12.4 Å². The molecule has 2 aromatic rings. The number of hydrogen-bond acceptors (Lipinski definition) is 3.